The van der Waals surface area contributed by atoms with Crippen LogP contribution in [0.1, 0.15) is 6.92 Å². The van der Waals surface area contributed by atoms with Crippen LogP contribution in [-0.2, 0) is 0 Å². The van der Waals surface area contributed by atoms with E-state index in [0.29, 0.717) is 5.69 Å². The molecule has 0 radical (unpaired) electrons. The molecule has 2 aromatic rings. The fourth-order valence-electron chi connectivity index (χ4n) is 2.41. The largest absolute Gasteiger partial charge is 0.337 e. The van der Waals surface area contributed by atoms with Crippen LogP contribution >= 0.6 is 0 Å². The molecule has 1 atom stereocenters. The highest BCUT2D eigenvalue weighted by molar-refractivity contribution is 5.80. The fourth-order valence-corrected chi connectivity index (χ4v) is 2.41. The summed E-state index contributed by atoms with van der Waals surface area (Å²) in [5.41, 5.74) is 1.18. The second kappa shape index (κ2) is 4.19. The van der Waals surface area contributed by atoms with E-state index >= 15 is 0 Å². The Bertz CT molecular complexity index is 630. The maximum absolute atomic E-state index is 14.0. The predicted octanol–water partition coefficient (Wildman–Crippen LogP) is 3.29. The second-order valence-corrected chi connectivity index (χ2v) is 4.55. The van der Waals surface area contributed by atoms with Crippen molar-refractivity contribution >= 4 is 17.2 Å². The number of benzene rings is 1. The molecule has 19 heavy (non-hydrogen) atoms. The summed E-state index contributed by atoms with van der Waals surface area (Å²) < 4.78 is 27.0. The van der Waals surface area contributed by atoms with Crippen LogP contribution in [0, 0.1) is 11.6 Å². The summed E-state index contributed by atoms with van der Waals surface area (Å²) in [4.78, 5) is 8.07. The van der Waals surface area contributed by atoms with E-state index in [9.17, 15) is 8.78 Å². The van der Waals surface area contributed by atoms with Crippen LogP contribution in [0.15, 0.2) is 36.5 Å². The Morgan fingerprint density at radius 3 is 2.68 bits per heavy atom. The van der Waals surface area contributed by atoms with E-state index in [-0.39, 0.29) is 6.17 Å². The second-order valence-electron chi connectivity index (χ2n) is 4.55. The number of fused-ring (bicyclic) bond motifs is 1. The Morgan fingerprint density at radius 2 is 1.95 bits per heavy atom. The normalized spacial score (nSPS) is 17.8. The third-order valence-electron chi connectivity index (χ3n) is 3.46. The SMILES string of the molecule is C[C@H]1N(C)c2ncccc2N1c1ccc(F)cc1F. The van der Waals surface area contributed by atoms with Crippen LogP contribution < -0.4 is 9.80 Å². The van der Waals surface area contributed by atoms with Crippen molar-refractivity contribution in [2.45, 2.75) is 13.1 Å². The monoisotopic (exact) mass is 261 g/mol. The third-order valence-corrected chi connectivity index (χ3v) is 3.46. The number of anilines is 3. The first-order chi connectivity index (χ1) is 9.09. The molecular weight excluding hydrogens is 248 g/mol. The van der Waals surface area contributed by atoms with Crippen molar-refractivity contribution in [3.63, 3.8) is 0 Å². The minimum absolute atomic E-state index is 0.0788. The molecule has 3 nitrogen and oxygen atoms in total. The minimum Gasteiger partial charge on any atom is -0.337 e. The summed E-state index contributed by atoms with van der Waals surface area (Å²) in [6, 6.07) is 7.30. The molecule has 0 aliphatic carbocycles. The van der Waals surface area contributed by atoms with Crippen LogP contribution in [0.5, 0.6) is 0 Å². The van der Waals surface area contributed by atoms with Gasteiger partial charge in [-0.25, -0.2) is 13.8 Å². The van der Waals surface area contributed by atoms with Crippen molar-refractivity contribution in [3.05, 3.63) is 48.2 Å². The predicted molar refractivity (Wildman–Crippen MR) is 70.6 cm³/mol. The molecule has 1 aliphatic heterocycles. The summed E-state index contributed by atoms with van der Waals surface area (Å²) in [6.07, 6.45) is 1.62. The van der Waals surface area contributed by atoms with Gasteiger partial charge in [-0.2, -0.15) is 0 Å². The number of aromatic nitrogens is 1. The lowest BCUT2D eigenvalue weighted by Crippen LogP contribution is -2.36. The lowest BCUT2D eigenvalue weighted by atomic mass is 10.2. The van der Waals surface area contributed by atoms with Crippen LogP contribution in [-0.4, -0.2) is 18.2 Å². The number of nitrogens with zero attached hydrogens (tertiary/aromatic N) is 3. The van der Waals surface area contributed by atoms with Crippen molar-refractivity contribution in [1.29, 1.82) is 0 Å². The molecule has 1 aromatic heterocycles. The number of hydrogen-bond acceptors (Lipinski definition) is 3. The molecule has 1 aromatic carbocycles. The van der Waals surface area contributed by atoms with Crippen molar-refractivity contribution in [3.8, 4) is 0 Å². The highest BCUT2D eigenvalue weighted by Crippen LogP contribution is 2.42. The molecule has 0 N–H and O–H groups in total. The van der Waals surface area contributed by atoms with Crippen molar-refractivity contribution in [2.75, 3.05) is 16.8 Å². The Balaban J connectivity index is 2.15. The topological polar surface area (TPSA) is 19.4 Å². The van der Waals surface area contributed by atoms with Crippen molar-refractivity contribution < 1.29 is 8.78 Å². The van der Waals surface area contributed by atoms with E-state index in [4.69, 9.17) is 0 Å². The minimum atomic E-state index is -0.576. The molecule has 5 heteroatoms. The Labute approximate surface area is 110 Å². The molecule has 0 unspecified atom stereocenters. The third kappa shape index (κ3) is 1.73. The van der Waals surface area contributed by atoms with Crippen molar-refractivity contribution in [2.24, 2.45) is 0 Å². The first kappa shape index (κ1) is 11.9. The van der Waals surface area contributed by atoms with Gasteiger partial charge in [0.15, 0.2) is 5.82 Å². The lowest BCUT2D eigenvalue weighted by molar-refractivity contribution is 0.578. The van der Waals surface area contributed by atoms with Crippen LogP contribution in [0.3, 0.4) is 0 Å². The van der Waals surface area contributed by atoms with E-state index in [1.165, 1.54) is 12.1 Å². The smallest absolute Gasteiger partial charge is 0.153 e. The molecule has 98 valence electrons. The van der Waals surface area contributed by atoms with Crippen LogP contribution in [0.2, 0.25) is 0 Å². The first-order valence-electron chi connectivity index (χ1n) is 6.01. The fraction of sp³-hybridized carbons (Fsp3) is 0.214. The molecule has 0 saturated carbocycles. The zero-order chi connectivity index (χ0) is 13.6. The quantitative estimate of drug-likeness (QED) is 0.785. The van der Waals surface area contributed by atoms with Gasteiger partial charge in [0.05, 0.1) is 11.4 Å². The highest BCUT2D eigenvalue weighted by atomic mass is 19.1. The van der Waals surface area contributed by atoms with E-state index in [1.54, 1.807) is 12.3 Å². The van der Waals surface area contributed by atoms with E-state index in [0.717, 1.165) is 17.6 Å². The molecule has 3 rings (SSSR count). The standard InChI is InChI=1S/C14H13F2N3/c1-9-18(2)14-13(4-3-7-17-14)19(9)12-6-5-10(15)8-11(12)16/h3-9H,1-2H3/t9-/m0/s1. The maximum Gasteiger partial charge on any atom is 0.153 e. The molecule has 0 amide bonds. The zero-order valence-corrected chi connectivity index (χ0v) is 10.6. The van der Waals surface area contributed by atoms with E-state index < -0.39 is 11.6 Å². The molecule has 1 aliphatic rings. The number of halogens is 2. The molecule has 2 heterocycles. The van der Waals surface area contributed by atoms with E-state index in [2.05, 4.69) is 4.98 Å². The molecular formula is C14H13F2N3. The lowest BCUT2D eigenvalue weighted by Gasteiger charge is -2.27. The first-order valence-corrected chi connectivity index (χ1v) is 6.01. The van der Waals surface area contributed by atoms with Crippen molar-refractivity contribution in [1.82, 2.24) is 4.98 Å². The van der Waals surface area contributed by atoms with Gasteiger partial charge in [0.1, 0.15) is 17.8 Å². The van der Waals surface area contributed by atoms with E-state index in [1.807, 2.05) is 29.8 Å². The summed E-state index contributed by atoms with van der Waals surface area (Å²) >= 11 is 0. The molecule has 0 fully saturated rings. The Hall–Kier alpha value is -2.17. The molecule has 0 bridgehead atoms. The average molecular weight is 261 g/mol. The van der Waals surface area contributed by atoms with Gasteiger partial charge < -0.3 is 9.80 Å². The average Bonchev–Trinajstić information content (AvgIpc) is 2.64. The summed E-state index contributed by atoms with van der Waals surface area (Å²) in [5, 5.41) is 0. The van der Waals surface area contributed by atoms with Gasteiger partial charge in [-0.15, -0.1) is 0 Å². The number of rotatable bonds is 1. The Morgan fingerprint density at radius 1 is 1.16 bits per heavy atom. The van der Waals surface area contributed by atoms with Gasteiger partial charge in [0, 0.05) is 19.3 Å². The molecule has 0 saturated heterocycles. The zero-order valence-electron chi connectivity index (χ0n) is 10.6. The van der Waals surface area contributed by atoms with Crippen LogP contribution in [0.4, 0.5) is 26.0 Å². The Kier molecular flexibility index (Phi) is 2.62. The van der Waals surface area contributed by atoms with Crippen LogP contribution in [0.25, 0.3) is 0 Å². The maximum atomic E-state index is 14.0. The molecule has 0 spiro atoms. The van der Waals surface area contributed by atoms with Gasteiger partial charge in [-0.3, -0.25) is 0 Å². The van der Waals surface area contributed by atoms with Gasteiger partial charge >= 0.3 is 0 Å². The van der Waals surface area contributed by atoms with Gasteiger partial charge in [-0.05, 0) is 31.2 Å². The summed E-state index contributed by atoms with van der Waals surface area (Å²) in [6.45, 7) is 1.95. The highest BCUT2D eigenvalue weighted by Gasteiger charge is 2.33. The van der Waals surface area contributed by atoms with Gasteiger partial charge in [0.25, 0.3) is 0 Å². The van der Waals surface area contributed by atoms with Gasteiger partial charge in [0.2, 0.25) is 0 Å². The summed E-state index contributed by atoms with van der Waals surface area (Å²) in [7, 11) is 1.90. The van der Waals surface area contributed by atoms with Gasteiger partial charge in [-0.1, -0.05) is 0 Å². The summed E-state index contributed by atoms with van der Waals surface area (Å²) in [5.74, 6) is -0.358. The number of hydrogen-bond donors (Lipinski definition) is 0. The number of pyridine rings is 1.